The molecule has 2 heterocycles. The van der Waals surface area contributed by atoms with Crippen molar-refractivity contribution >= 4 is 27.7 Å². The molecule has 0 bridgehead atoms. The molecule has 3 nitrogen and oxygen atoms in total. The molecule has 1 aliphatic heterocycles. The average Bonchev–Trinajstić information content (AvgIpc) is 2.72. The van der Waals surface area contributed by atoms with Gasteiger partial charge >= 0.3 is 0 Å². The lowest BCUT2D eigenvalue weighted by atomic mass is 10.1. The highest BCUT2D eigenvalue weighted by atomic mass is 79.9. The van der Waals surface area contributed by atoms with Crippen LogP contribution in [0, 0.1) is 5.92 Å². The molecule has 0 radical (unpaired) electrons. The third-order valence-electron chi connectivity index (χ3n) is 2.49. The smallest absolute Gasteiger partial charge is 0.120 e. The monoisotopic (exact) mass is 275 g/mol. The van der Waals surface area contributed by atoms with E-state index in [-0.39, 0.29) is 0 Å². The van der Waals surface area contributed by atoms with Crippen molar-refractivity contribution in [3.05, 3.63) is 16.6 Å². The Morgan fingerprint density at radius 2 is 2.57 bits per heavy atom. The number of rotatable bonds is 3. The molecule has 14 heavy (non-hydrogen) atoms. The summed E-state index contributed by atoms with van der Waals surface area (Å²) in [5.41, 5.74) is 0. The van der Waals surface area contributed by atoms with Crippen molar-refractivity contribution in [2.45, 2.75) is 19.5 Å². The van der Waals surface area contributed by atoms with Crippen molar-refractivity contribution in [1.82, 2.24) is 15.3 Å². The maximum atomic E-state index is 4.23. The molecule has 2 N–H and O–H groups in total. The topological polar surface area (TPSA) is 40.7 Å². The largest absolute Gasteiger partial charge is 0.336 e. The van der Waals surface area contributed by atoms with Crippen LogP contribution in [0.15, 0.2) is 10.8 Å². The van der Waals surface area contributed by atoms with Crippen LogP contribution in [0.4, 0.5) is 0 Å². The Bertz CT molecular complexity index is 302. The normalized spacial score (nSPS) is 27.0. The van der Waals surface area contributed by atoms with Gasteiger partial charge in [-0.15, -0.1) is 0 Å². The molecule has 0 aliphatic carbocycles. The van der Waals surface area contributed by atoms with Gasteiger partial charge in [0.25, 0.3) is 0 Å². The van der Waals surface area contributed by atoms with E-state index in [9.17, 15) is 0 Å². The van der Waals surface area contributed by atoms with Gasteiger partial charge in [-0.25, -0.2) is 4.98 Å². The quantitative estimate of drug-likeness (QED) is 0.887. The molecule has 0 saturated carbocycles. The number of aromatic amines is 1. The zero-order chi connectivity index (χ0) is 9.97. The highest BCUT2D eigenvalue weighted by Gasteiger charge is 2.23. The van der Waals surface area contributed by atoms with Crippen LogP contribution in [0.2, 0.25) is 0 Å². The standard InChI is InChI=1S/C9H14BrN3S/c1-6-4-14-5-7(6)11-3-9-12-2-8(10)13-9/h2,6-7,11H,3-5H2,1H3,(H,12,13). The first-order valence-corrected chi connectivity index (χ1v) is 6.71. The number of thioether (sulfide) groups is 1. The molecule has 1 aromatic rings. The molecule has 78 valence electrons. The zero-order valence-electron chi connectivity index (χ0n) is 8.09. The average molecular weight is 276 g/mol. The van der Waals surface area contributed by atoms with Crippen LogP contribution in [0.5, 0.6) is 0 Å². The van der Waals surface area contributed by atoms with E-state index in [0.29, 0.717) is 6.04 Å². The van der Waals surface area contributed by atoms with Gasteiger partial charge in [-0.1, -0.05) is 6.92 Å². The van der Waals surface area contributed by atoms with Crippen LogP contribution >= 0.6 is 27.7 Å². The van der Waals surface area contributed by atoms with Crippen LogP contribution in [0.3, 0.4) is 0 Å². The molecule has 0 spiro atoms. The van der Waals surface area contributed by atoms with Crippen LogP contribution in [0.1, 0.15) is 12.7 Å². The molecule has 5 heteroatoms. The van der Waals surface area contributed by atoms with Gasteiger partial charge in [-0.05, 0) is 27.6 Å². The summed E-state index contributed by atoms with van der Waals surface area (Å²) in [7, 11) is 0. The Kier molecular flexibility index (Phi) is 3.52. The first kappa shape index (κ1) is 10.5. The van der Waals surface area contributed by atoms with E-state index >= 15 is 0 Å². The minimum absolute atomic E-state index is 0.642. The molecule has 0 amide bonds. The molecule has 1 aromatic heterocycles. The molecule has 1 fully saturated rings. The van der Waals surface area contributed by atoms with E-state index in [1.807, 2.05) is 11.8 Å². The number of H-pyrrole nitrogens is 1. The zero-order valence-corrected chi connectivity index (χ0v) is 10.5. The number of aromatic nitrogens is 2. The van der Waals surface area contributed by atoms with Gasteiger partial charge in [0, 0.05) is 11.8 Å². The van der Waals surface area contributed by atoms with Crippen molar-refractivity contribution in [3.8, 4) is 0 Å². The second-order valence-corrected chi connectivity index (χ2v) is 5.61. The third-order valence-corrected chi connectivity index (χ3v) is 4.25. The molecular formula is C9H14BrN3S. The predicted octanol–water partition coefficient (Wildman–Crippen LogP) is 2.01. The van der Waals surface area contributed by atoms with E-state index < -0.39 is 0 Å². The Hall–Kier alpha value is -0.0000000000000000555. The van der Waals surface area contributed by atoms with Crippen molar-refractivity contribution in [3.63, 3.8) is 0 Å². The number of nitrogens with zero attached hydrogens (tertiary/aromatic N) is 1. The Balaban J connectivity index is 1.82. The van der Waals surface area contributed by atoms with Crippen LogP contribution < -0.4 is 5.32 Å². The fourth-order valence-corrected chi connectivity index (χ4v) is 3.35. The maximum Gasteiger partial charge on any atom is 0.120 e. The molecule has 2 rings (SSSR count). The van der Waals surface area contributed by atoms with E-state index in [4.69, 9.17) is 0 Å². The van der Waals surface area contributed by atoms with Crippen LogP contribution in [0.25, 0.3) is 0 Å². The van der Waals surface area contributed by atoms with Crippen molar-refractivity contribution in [1.29, 1.82) is 0 Å². The summed E-state index contributed by atoms with van der Waals surface area (Å²) >= 11 is 5.38. The van der Waals surface area contributed by atoms with Crippen molar-refractivity contribution in [2.75, 3.05) is 11.5 Å². The van der Waals surface area contributed by atoms with Gasteiger partial charge in [0.2, 0.25) is 0 Å². The lowest BCUT2D eigenvalue weighted by Crippen LogP contribution is -2.33. The molecule has 0 aromatic carbocycles. The van der Waals surface area contributed by atoms with Gasteiger partial charge in [-0.2, -0.15) is 11.8 Å². The summed E-state index contributed by atoms with van der Waals surface area (Å²) in [4.78, 5) is 7.38. The highest BCUT2D eigenvalue weighted by molar-refractivity contribution is 9.10. The van der Waals surface area contributed by atoms with Gasteiger partial charge in [-0.3, -0.25) is 0 Å². The first-order valence-electron chi connectivity index (χ1n) is 4.76. The fourth-order valence-electron chi connectivity index (χ4n) is 1.58. The number of nitrogens with one attached hydrogen (secondary N) is 2. The van der Waals surface area contributed by atoms with Gasteiger partial charge in [0.1, 0.15) is 10.4 Å². The second-order valence-electron chi connectivity index (χ2n) is 3.68. The Labute approximate surface area is 96.6 Å². The van der Waals surface area contributed by atoms with Crippen LogP contribution in [-0.2, 0) is 6.54 Å². The van der Waals surface area contributed by atoms with Gasteiger partial charge in [0.05, 0.1) is 12.7 Å². The molecule has 1 saturated heterocycles. The fraction of sp³-hybridized carbons (Fsp3) is 0.667. The summed E-state index contributed by atoms with van der Waals surface area (Å²) in [5.74, 6) is 4.28. The Morgan fingerprint density at radius 1 is 1.71 bits per heavy atom. The van der Waals surface area contributed by atoms with Gasteiger partial charge in [0.15, 0.2) is 0 Å². The van der Waals surface area contributed by atoms with Crippen molar-refractivity contribution < 1.29 is 0 Å². The third kappa shape index (κ3) is 2.52. The van der Waals surface area contributed by atoms with Crippen molar-refractivity contribution in [2.24, 2.45) is 5.92 Å². The minimum Gasteiger partial charge on any atom is -0.336 e. The van der Waals surface area contributed by atoms with E-state index in [1.54, 1.807) is 6.20 Å². The summed E-state index contributed by atoms with van der Waals surface area (Å²) in [5, 5.41) is 3.53. The number of hydrogen-bond acceptors (Lipinski definition) is 3. The number of halogens is 1. The lowest BCUT2D eigenvalue weighted by Gasteiger charge is -2.15. The summed E-state index contributed by atoms with van der Waals surface area (Å²) in [6, 6.07) is 0.642. The second kappa shape index (κ2) is 4.68. The van der Waals surface area contributed by atoms with E-state index in [2.05, 4.69) is 38.1 Å². The number of hydrogen-bond donors (Lipinski definition) is 2. The summed E-state index contributed by atoms with van der Waals surface area (Å²) in [6.45, 7) is 3.14. The molecule has 1 aliphatic rings. The van der Waals surface area contributed by atoms with E-state index in [0.717, 1.165) is 22.9 Å². The summed E-state index contributed by atoms with van der Waals surface area (Å²) in [6.07, 6.45) is 1.80. The predicted molar refractivity (Wildman–Crippen MR) is 63.4 cm³/mol. The summed E-state index contributed by atoms with van der Waals surface area (Å²) < 4.78 is 0.947. The Morgan fingerprint density at radius 3 is 3.14 bits per heavy atom. The maximum absolute atomic E-state index is 4.23. The van der Waals surface area contributed by atoms with E-state index in [1.165, 1.54) is 11.5 Å². The SMILES string of the molecule is CC1CSCC1NCc1ncc(Br)[nH]1. The highest BCUT2D eigenvalue weighted by Crippen LogP contribution is 2.23. The van der Waals surface area contributed by atoms with Gasteiger partial charge < -0.3 is 10.3 Å². The van der Waals surface area contributed by atoms with Crippen LogP contribution in [-0.4, -0.2) is 27.5 Å². The molecule has 2 unspecified atom stereocenters. The minimum atomic E-state index is 0.642. The number of imidazole rings is 1. The molecule has 2 atom stereocenters. The first-order chi connectivity index (χ1) is 6.75. The lowest BCUT2D eigenvalue weighted by molar-refractivity contribution is 0.448. The molecular weight excluding hydrogens is 262 g/mol.